The third kappa shape index (κ3) is 1.13. The number of fused-ring (bicyclic) bond motifs is 1. The fourth-order valence-corrected chi connectivity index (χ4v) is 1.82. The average Bonchev–Trinajstić information content (AvgIpc) is 2.38. The summed E-state index contributed by atoms with van der Waals surface area (Å²) in [5.41, 5.74) is 0. The Labute approximate surface area is 61.1 Å². The van der Waals surface area contributed by atoms with Crippen LogP contribution in [0.2, 0.25) is 0 Å². The Kier molecular flexibility index (Phi) is 1.85. The molecule has 0 aromatic heterocycles. The van der Waals surface area contributed by atoms with Crippen molar-refractivity contribution >= 4 is 18.2 Å². The molecule has 2 rings (SSSR count). The topological polar surface area (TPSA) is 12.4 Å². The summed E-state index contributed by atoms with van der Waals surface area (Å²) < 4.78 is 4.63. The molecule has 2 heteroatoms. The van der Waals surface area contributed by atoms with Gasteiger partial charge in [0.05, 0.1) is 0 Å². The minimum Gasteiger partial charge on any atom is -0.228 e. The number of rotatable bonds is 0. The molecule has 0 bridgehead atoms. The fourth-order valence-electron chi connectivity index (χ4n) is 0.917. The first-order chi connectivity index (χ1) is 4.31. The lowest BCUT2D eigenvalue weighted by Crippen LogP contribution is -1.91. The zero-order valence-corrected chi connectivity index (χ0v) is 7.03. The van der Waals surface area contributed by atoms with Crippen LogP contribution in [0.25, 0.3) is 0 Å². The molecule has 0 radical (unpaired) electrons. The molecule has 1 saturated carbocycles. The highest BCUT2D eigenvalue weighted by Crippen LogP contribution is 2.57. The van der Waals surface area contributed by atoms with E-state index in [4.69, 9.17) is 0 Å². The van der Waals surface area contributed by atoms with Crippen molar-refractivity contribution in [1.82, 2.24) is 0 Å². The summed E-state index contributed by atoms with van der Waals surface area (Å²) in [6.45, 7) is 6.27. The molecule has 2 unspecified atom stereocenters. The predicted octanol–water partition coefficient (Wildman–Crippen LogP) is 2.52. The first kappa shape index (κ1) is 7.13. The molecule has 0 aromatic carbocycles. The van der Waals surface area contributed by atoms with Gasteiger partial charge in [-0.25, -0.2) is 4.40 Å². The van der Waals surface area contributed by atoms with Crippen molar-refractivity contribution in [3.63, 3.8) is 0 Å². The largest absolute Gasteiger partial charge is 0.228 e. The van der Waals surface area contributed by atoms with Gasteiger partial charge in [-0.2, -0.15) is 0 Å². The van der Waals surface area contributed by atoms with E-state index in [0.29, 0.717) is 4.75 Å². The summed E-state index contributed by atoms with van der Waals surface area (Å²) in [6.07, 6.45) is 3.44. The molecular weight excluding hydrogens is 130 g/mol. The molecule has 9 heavy (non-hydrogen) atoms. The van der Waals surface area contributed by atoms with Gasteiger partial charge < -0.3 is 0 Å². The standard InChI is InChI=1S/C5H7NS.C2H6/c1-5-2-4(5)3-6-7-5;1-2/h3-4H,2H2,1H3;1-2H3. The van der Waals surface area contributed by atoms with Crippen LogP contribution in [0.4, 0.5) is 0 Å². The maximum Gasteiger partial charge on any atom is 0.0435 e. The van der Waals surface area contributed by atoms with E-state index in [0.717, 1.165) is 5.92 Å². The quantitative estimate of drug-likeness (QED) is 0.475. The van der Waals surface area contributed by atoms with Gasteiger partial charge in [0, 0.05) is 16.9 Å². The van der Waals surface area contributed by atoms with E-state index in [1.54, 1.807) is 11.9 Å². The van der Waals surface area contributed by atoms with E-state index in [9.17, 15) is 0 Å². The molecule has 0 aromatic rings. The number of hydrogen-bond acceptors (Lipinski definition) is 2. The van der Waals surface area contributed by atoms with E-state index in [-0.39, 0.29) is 0 Å². The lowest BCUT2D eigenvalue weighted by Gasteiger charge is -1.93. The van der Waals surface area contributed by atoms with Crippen LogP contribution in [0.1, 0.15) is 27.2 Å². The fraction of sp³-hybridized carbons (Fsp3) is 0.857. The van der Waals surface area contributed by atoms with Crippen molar-refractivity contribution in [3.05, 3.63) is 0 Å². The van der Waals surface area contributed by atoms with Gasteiger partial charge in [-0.1, -0.05) is 13.8 Å². The SMILES string of the molecule is CC.CC12CC1C=NS2. The average molecular weight is 143 g/mol. The molecule has 0 spiro atoms. The predicted molar refractivity (Wildman–Crippen MR) is 43.9 cm³/mol. The van der Waals surface area contributed by atoms with Gasteiger partial charge in [0.1, 0.15) is 0 Å². The Morgan fingerprint density at radius 3 is 2.44 bits per heavy atom. The summed E-state index contributed by atoms with van der Waals surface area (Å²) >= 11 is 1.74. The second-order valence-corrected chi connectivity index (χ2v) is 3.80. The van der Waals surface area contributed by atoms with Crippen molar-refractivity contribution in [2.24, 2.45) is 10.3 Å². The third-order valence-corrected chi connectivity index (χ3v) is 2.87. The van der Waals surface area contributed by atoms with Gasteiger partial charge >= 0.3 is 0 Å². The summed E-state index contributed by atoms with van der Waals surface area (Å²) in [5, 5.41) is 0. The Hall–Kier alpha value is 0.0200. The van der Waals surface area contributed by atoms with Crippen LogP contribution in [0, 0.1) is 5.92 Å². The summed E-state index contributed by atoms with van der Waals surface area (Å²) in [7, 11) is 0. The van der Waals surface area contributed by atoms with E-state index in [2.05, 4.69) is 17.5 Å². The number of nitrogens with zero attached hydrogens (tertiary/aromatic N) is 1. The first-order valence-electron chi connectivity index (χ1n) is 3.53. The zero-order valence-electron chi connectivity index (χ0n) is 6.22. The van der Waals surface area contributed by atoms with E-state index in [1.807, 2.05) is 13.8 Å². The highest BCUT2D eigenvalue weighted by Gasteiger charge is 2.53. The van der Waals surface area contributed by atoms with Crippen LogP contribution in [-0.2, 0) is 0 Å². The molecule has 0 amide bonds. The van der Waals surface area contributed by atoms with Crippen LogP contribution in [0.5, 0.6) is 0 Å². The van der Waals surface area contributed by atoms with Gasteiger partial charge in [0.2, 0.25) is 0 Å². The van der Waals surface area contributed by atoms with Gasteiger partial charge in [0.25, 0.3) is 0 Å². The molecule has 52 valence electrons. The van der Waals surface area contributed by atoms with Crippen molar-refractivity contribution in [1.29, 1.82) is 0 Å². The molecule has 1 aliphatic heterocycles. The molecule has 0 saturated heterocycles. The van der Waals surface area contributed by atoms with Crippen LogP contribution in [0.15, 0.2) is 4.40 Å². The van der Waals surface area contributed by atoms with Crippen molar-refractivity contribution in [3.8, 4) is 0 Å². The Morgan fingerprint density at radius 2 is 2.33 bits per heavy atom. The van der Waals surface area contributed by atoms with Gasteiger partial charge in [0.15, 0.2) is 0 Å². The van der Waals surface area contributed by atoms with Crippen LogP contribution < -0.4 is 0 Å². The van der Waals surface area contributed by atoms with Crippen molar-refractivity contribution in [2.45, 2.75) is 31.9 Å². The smallest absolute Gasteiger partial charge is 0.0435 e. The normalized spacial score (nSPS) is 43.2. The minimum absolute atomic E-state index is 0.556. The maximum absolute atomic E-state index is 4.08. The maximum atomic E-state index is 4.08. The molecule has 1 fully saturated rings. The van der Waals surface area contributed by atoms with Crippen LogP contribution >= 0.6 is 11.9 Å². The van der Waals surface area contributed by atoms with Crippen molar-refractivity contribution < 1.29 is 0 Å². The molecule has 2 atom stereocenters. The van der Waals surface area contributed by atoms with Gasteiger partial charge in [-0.3, -0.25) is 0 Å². The molecular formula is C7H13NS. The summed E-state index contributed by atoms with van der Waals surface area (Å²) in [5.74, 6) is 0.831. The highest BCUT2D eigenvalue weighted by molar-refractivity contribution is 8.00. The molecule has 1 aliphatic carbocycles. The Morgan fingerprint density at radius 1 is 1.67 bits per heavy atom. The Bertz CT molecular complexity index is 133. The van der Waals surface area contributed by atoms with Gasteiger partial charge in [-0.05, 0) is 25.3 Å². The molecule has 1 heterocycles. The van der Waals surface area contributed by atoms with E-state index < -0.39 is 0 Å². The van der Waals surface area contributed by atoms with Gasteiger partial charge in [-0.15, -0.1) is 0 Å². The third-order valence-electron chi connectivity index (χ3n) is 1.75. The highest BCUT2D eigenvalue weighted by atomic mass is 32.2. The summed E-state index contributed by atoms with van der Waals surface area (Å²) in [6, 6.07) is 0. The monoisotopic (exact) mass is 143 g/mol. The molecule has 0 N–H and O–H groups in total. The van der Waals surface area contributed by atoms with E-state index >= 15 is 0 Å². The zero-order chi connectivity index (χ0) is 6.91. The number of hydrogen-bond donors (Lipinski definition) is 0. The summed E-state index contributed by atoms with van der Waals surface area (Å²) in [4.78, 5) is 0. The van der Waals surface area contributed by atoms with Crippen LogP contribution in [0.3, 0.4) is 0 Å². The second-order valence-electron chi connectivity index (χ2n) is 2.47. The van der Waals surface area contributed by atoms with Crippen LogP contribution in [-0.4, -0.2) is 11.0 Å². The Balaban J connectivity index is 0.000000186. The molecule has 1 nitrogen and oxygen atoms in total. The lowest BCUT2D eigenvalue weighted by atomic mass is 10.4. The van der Waals surface area contributed by atoms with E-state index in [1.165, 1.54) is 6.42 Å². The lowest BCUT2D eigenvalue weighted by molar-refractivity contribution is 1.02. The first-order valence-corrected chi connectivity index (χ1v) is 4.30. The molecule has 2 aliphatic rings. The second kappa shape index (κ2) is 2.33. The van der Waals surface area contributed by atoms with Crippen molar-refractivity contribution in [2.75, 3.05) is 0 Å². The minimum atomic E-state index is 0.556.